The molecule has 0 N–H and O–H groups in total. The van der Waals surface area contributed by atoms with E-state index in [-0.39, 0.29) is 0 Å². The number of rotatable bonds is 7. The number of carbonyl (C=O) groups excluding carboxylic acids is 1. The summed E-state index contributed by atoms with van der Waals surface area (Å²) in [5.74, 6) is 0.327. The lowest BCUT2D eigenvalue weighted by atomic mass is 10.1. The molecule has 110 valence electrons. The van der Waals surface area contributed by atoms with E-state index in [9.17, 15) is 4.79 Å². The van der Waals surface area contributed by atoms with Crippen molar-refractivity contribution in [3.8, 4) is 0 Å². The lowest BCUT2D eigenvalue weighted by Crippen LogP contribution is -2.35. The molecule has 1 heterocycles. The molecule has 2 rings (SSSR count). The lowest BCUT2D eigenvalue weighted by Gasteiger charge is -2.26. The third-order valence-corrected chi connectivity index (χ3v) is 3.75. The summed E-state index contributed by atoms with van der Waals surface area (Å²) in [4.78, 5) is 14.0. The zero-order chi connectivity index (χ0) is 14.0. The maximum atomic E-state index is 11.9. The Bertz CT molecular complexity index is 385. The van der Waals surface area contributed by atoms with Gasteiger partial charge < -0.3 is 9.64 Å². The SMILES string of the molecule is O=C(CCCCOCc1ccccc1)N1CCCCC1. The smallest absolute Gasteiger partial charge is 0.222 e. The highest BCUT2D eigenvalue weighted by Crippen LogP contribution is 2.11. The van der Waals surface area contributed by atoms with Crippen molar-refractivity contribution in [2.75, 3.05) is 19.7 Å². The van der Waals surface area contributed by atoms with Gasteiger partial charge in [0.25, 0.3) is 0 Å². The number of carbonyl (C=O) groups is 1. The first-order valence-corrected chi connectivity index (χ1v) is 7.76. The van der Waals surface area contributed by atoms with Crippen LogP contribution in [0, 0.1) is 0 Å². The van der Waals surface area contributed by atoms with Gasteiger partial charge >= 0.3 is 0 Å². The van der Waals surface area contributed by atoms with Crippen LogP contribution in [0.3, 0.4) is 0 Å². The van der Waals surface area contributed by atoms with Crippen molar-refractivity contribution in [1.29, 1.82) is 0 Å². The van der Waals surface area contributed by atoms with Gasteiger partial charge in [-0.05, 0) is 37.7 Å². The summed E-state index contributed by atoms with van der Waals surface area (Å²) < 4.78 is 5.62. The Balaban J connectivity index is 1.50. The van der Waals surface area contributed by atoms with Gasteiger partial charge in [-0.25, -0.2) is 0 Å². The maximum Gasteiger partial charge on any atom is 0.222 e. The third kappa shape index (κ3) is 5.33. The second-order valence-corrected chi connectivity index (χ2v) is 5.44. The van der Waals surface area contributed by atoms with Crippen LogP contribution in [0.4, 0.5) is 0 Å². The summed E-state index contributed by atoms with van der Waals surface area (Å²) in [5, 5.41) is 0. The molecule has 1 aliphatic heterocycles. The number of amides is 1. The van der Waals surface area contributed by atoms with Gasteiger partial charge in [0, 0.05) is 26.1 Å². The number of hydrogen-bond acceptors (Lipinski definition) is 2. The molecule has 0 bridgehead atoms. The van der Waals surface area contributed by atoms with E-state index < -0.39 is 0 Å². The van der Waals surface area contributed by atoms with Gasteiger partial charge in [0.05, 0.1) is 6.61 Å². The monoisotopic (exact) mass is 275 g/mol. The van der Waals surface area contributed by atoms with Crippen LogP contribution in [0.2, 0.25) is 0 Å². The summed E-state index contributed by atoms with van der Waals surface area (Å²) in [6.45, 7) is 3.33. The van der Waals surface area contributed by atoms with Crippen molar-refractivity contribution < 1.29 is 9.53 Å². The van der Waals surface area contributed by atoms with E-state index in [2.05, 4.69) is 12.1 Å². The lowest BCUT2D eigenvalue weighted by molar-refractivity contribution is -0.132. The topological polar surface area (TPSA) is 29.5 Å². The minimum atomic E-state index is 0.327. The Morgan fingerprint density at radius 3 is 2.55 bits per heavy atom. The molecule has 20 heavy (non-hydrogen) atoms. The molecule has 0 aromatic heterocycles. The summed E-state index contributed by atoms with van der Waals surface area (Å²) in [5.41, 5.74) is 1.21. The van der Waals surface area contributed by atoms with Crippen molar-refractivity contribution >= 4 is 5.91 Å². The summed E-state index contributed by atoms with van der Waals surface area (Å²) in [6.07, 6.45) is 6.19. The van der Waals surface area contributed by atoms with E-state index in [4.69, 9.17) is 4.74 Å². The van der Waals surface area contributed by atoms with Gasteiger partial charge in [-0.3, -0.25) is 4.79 Å². The van der Waals surface area contributed by atoms with Crippen LogP contribution in [-0.4, -0.2) is 30.5 Å². The number of nitrogens with zero attached hydrogens (tertiary/aromatic N) is 1. The third-order valence-electron chi connectivity index (χ3n) is 3.75. The highest BCUT2D eigenvalue weighted by atomic mass is 16.5. The molecule has 0 spiro atoms. The molecule has 1 fully saturated rings. The molecule has 0 radical (unpaired) electrons. The molecule has 3 nitrogen and oxygen atoms in total. The first-order chi connectivity index (χ1) is 9.86. The average molecular weight is 275 g/mol. The van der Waals surface area contributed by atoms with E-state index >= 15 is 0 Å². The molecule has 1 amide bonds. The van der Waals surface area contributed by atoms with Gasteiger partial charge in [-0.2, -0.15) is 0 Å². The van der Waals surface area contributed by atoms with Crippen LogP contribution >= 0.6 is 0 Å². The zero-order valence-corrected chi connectivity index (χ0v) is 12.2. The van der Waals surface area contributed by atoms with Crippen LogP contribution in [-0.2, 0) is 16.1 Å². The van der Waals surface area contributed by atoms with Crippen LogP contribution in [0.1, 0.15) is 44.1 Å². The van der Waals surface area contributed by atoms with Crippen molar-refractivity contribution in [2.45, 2.75) is 45.1 Å². The number of hydrogen-bond donors (Lipinski definition) is 0. The van der Waals surface area contributed by atoms with Gasteiger partial charge in [0.1, 0.15) is 0 Å². The highest BCUT2D eigenvalue weighted by Gasteiger charge is 2.15. The Morgan fingerprint density at radius 1 is 1.05 bits per heavy atom. The van der Waals surface area contributed by atoms with Crippen LogP contribution in [0.5, 0.6) is 0 Å². The predicted molar refractivity (Wildman–Crippen MR) is 80.4 cm³/mol. The molecule has 0 atom stereocenters. The molecule has 0 unspecified atom stereocenters. The number of ether oxygens (including phenoxy) is 1. The number of benzene rings is 1. The first kappa shape index (κ1) is 15.0. The van der Waals surface area contributed by atoms with Crippen molar-refractivity contribution in [1.82, 2.24) is 4.90 Å². The van der Waals surface area contributed by atoms with Crippen molar-refractivity contribution in [2.24, 2.45) is 0 Å². The standard InChI is InChI=1S/C17H25NO2/c19-17(18-12-6-2-7-13-18)11-5-8-14-20-15-16-9-3-1-4-10-16/h1,3-4,9-10H,2,5-8,11-15H2. The Kier molecular flexibility index (Phi) is 6.58. The molecule has 3 heteroatoms. The minimum Gasteiger partial charge on any atom is -0.377 e. The molecule has 1 aromatic carbocycles. The van der Waals surface area contributed by atoms with E-state index in [1.54, 1.807) is 0 Å². The summed E-state index contributed by atoms with van der Waals surface area (Å²) >= 11 is 0. The van der Waals surface area contributed by atoms with Gasteiger partial charge in [0.15, 0.2) is 0 Å². The molecule has 0 aliphatic carbocycles. The Labute approximate surface area is 121 Å². The number of piperidine rings is 1. The minimum absolute atomic E-state index is 0.327. The van der Waals surface area contributed by atoms with E-state index in [0.29, 0.717) is 18.9 Å². The second kappa shape index (κ2) is 8.75. The largest absolute Gasteiger partial charge is 0.377 e. The Hall–Kier alpha value is -1.35. The van der Waals surface area contributed by atoms with Crippen LogP contribution in [0.15, 0.2) is 30.3 Å². The number of unbranched alkanes of at least 4 members (excludes halogenated alkanes) is 1. The number of likely N-dealkylation sites (tertiary alicyclic amines) is 1. The maximum absolute atomic E-state index is 11.9. The van der Waals surface area contributed by atoms with Crippen molar-refractivity contribution in [3.05, 3.63) is 35.9 Å². The normalized spacial score (nSPS) is 15.3. The van der Waals surface area contributed by atoms with Gasteiger partial charge in [-0.15, -0.1) is 0 Å². The molecule has 0 saturated carbocycles. The van der Waals surface area contributed by atoms with Crippen molar-refractivity contribution in [3.63, 3.8) is 0 Å². The van der Waals surface area contributed by atoms with Crippen LogP contribution in [0.25, 0.3) is 0 Å². The predicted octanol–water partition coefficient (Wildman–Crippen LogP) is 3.39. The molecule has 1 aromatic rings. The second-order valence-electron chi connectivity index (χ2n) is 5.44. The highest BCUT2D eigenvalue weighted by molar-refractivity contribution is 5.76. The summed E-state index contributed by atoms with van der Waals surface area (Å²) in [6, 6.07) is 10.2. The van der Waals surface area contributed by atoms with E-state index in [0.717, 1.165) is 32.5 Å². The molecule has 1 aliphatic rings. The van der Waals surface area contributed by atoms with Gasteiger partial charge in [-0.1, -0.05) is 30.3 Å². The fourth-order valence-corrected chi connectivity index (χ4v) is 2.55. The molecule has 1 saturated heterocycles. The quantitative estimate of drug-likeness (QED) is 0.714. The zero-order valence-electron chi connectivity index (χ0n) is 12.2. The summed E-state index contributed by atoms with van der Waals surface area (Å²) in [7, 11) is 0. The molecular formula is C17H25NO2. The van der Waals surface area contributed by atoms with E-state index in [1.807, 2.05) is 23.1 Å². The average Bonchev–Trinajstić information content (AvgIpc) is 2.52. The van der Waals surface area contributed by atoms with E-state index in [1.165, 1.54) is 24.8 Å². The van der Waals surface area contributed by atoms with Crippen LogP contribution < -0.4 is 0 Å². The first-order valence-electron chi connectivity index (χ1n) is 7.76. The Morgan fingerprint density at radius 2 is 1.80 bits per heavy atom. The van der Waals surface area contributed by atoms with Gasteiger partial charge in [0.2, 0.25) is 5.91 Å². The molecular weight excluding hydrogens is 250 g/mol. The fourth-order valence-electron chi connectivity index (χ4n) is 2.55. The fraction of sp³-hybridized carbons (Fsp3) is 0.588.